The molecule has 3 heteroatoms. The van der Waals surface area contributed by atoms with E-state index in [2.05, 4.69) is 9.97 Å². The molecule has 0 radical (unpaired) electrons. The predicted octanol–water partition coefficient (Wildman–Crippen LogP) is 0.917. The third kappa shape index (κ3) is 2.45. The summed E-state index contributed by atoms with van der Waals surface area (Å²) in [7, 11) is 0. The summed E-state index contributed by atoms with van der Waals surface area (Å²) in [5.74, 6) is 0.116. The monoisotopic (exact) mass is 150 g/mol. The first-order valence-electron chi connectivity index (χ1n) is 3.45. The molecule has 0 aliphatic heterocycles. The molecule has 0 unspecified atom stereocenters. The fourth-order valence-electron chi connectivity index (χ4n) is 0.856. The van der Waals surface area contributed by atoms with Gasteiger partial charge in [0.05, 0.1) is 11.4 Å². The number of carbonyl (C=O) groups is 1. The summed E-state index contributed by atoms with van der Waals surface area (Å²) in [6, 6.07) is 0. The van der Waals surface area contributed by atoms with Gasteiger partial charge in [0.25, 0.3) is 0 Å². The number of aromatic nitrogens is 2. The predicted molar refractivity (Wildman–Crippen MR) is 41.2 cm³/mol. The lowest BCUT2D eigenvalue weighted by atomic mass is 10.2. The maximum absolute atomic E-state index is 10.7. The minimum Gasteiger partial charge on any atom is -0.300 e. The maximum Gasteiger partial charge on any atom is 0.135 e. The van der Waals surface area contributed by atoms with Crippen molar-refractivity contribution in [3.8, 4) is 0 Å². The number of carbonyl (C=O) groups excluding carboxylic acids is 1. The summed E-state index contributed by atoms with van der Waals surface area (Å²) in [5, 5.41) is 0. The number of aryl methyl sites for hydroxylation is 1. The molecule has 11 heavy (non-hydrogen) atoms. The van der Waals surface area contributed by atoms with Crippen molar-refractivity contribution in [1.82, 2.24) is 9.97 Å². The highest BCUT2D eigenvalue weighted by Crippen LogP contribution is 1.95. The highest BCUT2D eigenvalue weighted by molar-refractivity contribution is 5.77. The topological polar surface area (TPSA) is 42.9 Å². The van der Waals surface area contributed by atoms with Crippen molar-refractivity contribution in [1.29, 1.82) is 0 Å². The highest BCUT2D eigenvalue weighted by atomic mass is 16.1. The van der Waals surface area contributed by atoms with Crippen LogP contribution in [0.1, 0.15) is 18.3 Å². The summed E-state index contributed by atoms with van der Waals surface area (Å²) in [6.45, 7) is 3.40. The van der Waals surface area contributed by atoms with E-state index in [0.717, 1.165) is 11.4 Å². The van der Waals surface area contributed by atoms with Crippen LogP contribution in [0.15, 0.2) is 12.4 Å². The Morgan fingerprint density at radius 3 is 2.82 bits per heavy atom. The van der Waals surface area contributed by atoms with Crippen molar-refractivity contribution in [2.24, 2.45) is 0 Å². The van der Waals surface area contributed by atoms with E-state index in [-0.39, 0.29) is 5.78 Å². The van der Waals surface area contributed by atoms with Crippen LogP contribution >= 0.6 is 0 Å². The minimum absolute atomic E-state index is 0.116. The first-order valence-corrected chi connectivity index (χ1v) is 3.45. The van der Waals surface area contributed by atoms with E-state index in [1.807, 2.05) is 6.92 Å². The molecule has 0 bridgehead atoms. The number of rotatable bonds is 2. The molecule has 0 spiro atoms. The highest BCUT2D eigenvalue weighted by Gasteiger charge is 1.98. The lowest BCUT2D eigenvalue weighted by Crippen LogP contribution is -2.00. The Kier molecular flexibility index (Phi) is 2.31. The molecule has 1 rings (SSSR count). The van der Waals surface area contributed by atoms with E-state index in [0.29, 0.717) is 6.42 Å². The van der Waals surface area contributed by atoms with Crippen molar-refractivity contribution in [3.63, 3.8) is 0 Å². The Morgan fingerprint density at radius 2 is 2.27 bits per heavy atom. The molecule has 58 valence electrons. The molecule has 3 nitrogen and oxygen atoms in total. The number of Topliss-reactive ketones (excluding diaryl/α,β-unsaturated/α-hetero) is 1. The SMILES string of the molecule is CC(=O)Cc1cncc(C)n1. The van der Waals surface area contributed by atoms with Crippen LogP contribution in [0.25, 0.3) is 0 Å². The van der Waals surface area contributed by atoms with Crippen LogP contribution in [-0.4, -0.2) is 15.8 Å². The standard InChI is InChI=1S/C8H10N2O/c1-6-4-9-5-8(10-6)3-7(2)11/h4-5H,3H2,1-2H3. The van der Waals surface area contributed by atoms with Gasteiger partial charge in [-0.25, -0.2) is 0 Å². The normalized spacial score (nSPS) is 9.64. The summed E-state index contributed by atoms with van der Waals surface area (Å²) in [6.07, 6.45) is 3.67. The molecule has 0 atom stereocenters. The zero-order valence-corrected chi connectivity index (χ0v) is 6.66. The lowest BCUT2D eigenvalue weighted by molar-refractivity contribution is -0.116. The zero-order valence-electron chi connectivity index (χ0n) is 6.66. The number of hydrogen-bond acceptors (Lipinski definition) is 3. The van der Waals surface area contributed by atoms with Gasteiger partial charge < -0.3 is 0 Å². The van der Waals surface area contributed by atoms with E-state index in [4.69, 9.17) is 0 Å². The van der Waals surface area contributed by atoms with Gasteiger partial charge in [-0.05, 0) is 13.8 Å². The van der Waals surface area contributed by atoms with Crippen molar-refractivity contribution in [2.75, 3.05) is 0 Å². The van der Waals surface area contributed by atoms with E-state index in [1.54, 1.807) is 19.3 Å². The van der Waals surface area contributed by atoms with Crippen LogP contribution in [0, 0.1) is 6.92 Å². The van der Waals surface area contributed by atoms with Gasteiger partial charge in [-0.1, -0.05) is 0 Å². The quantitative estimate of drug-likeness (QED) is 0.629. The molecule has 0 amide bonds. The Balaban J connectivity index is 2.79. The second-order valence-electron chi connectivity index (χ2n) is 2.53. The Hall–Kier alpha value is -1.25. The summed E-state index contributed by atoms with van der Waals surface area (Å²) >= 11 is 0. The van der Waals surface area contributed by atoms with Gasteiger partial charge >= 0.3 is 0 Å². The molecule has 0 aliphatic rings. The Morgan fingerprint density at radius 1 is 1.55 bits per heavy atom. The van der Waals surface area contributed by atoms with Gasteiger partial charge in [0.15, 0.2) is 0 Å². The molecule has 1 aromatic heterocycles. The maximum atomic E-state index is 10.7. The molecule has 0 fully saturated rings. The van der Waals surface area contributed by atoms with E-state index >= 15 is 0 Å². The molecular formula is C8H10N2O. The molecule has 0 aromatic carbocycles. The Labute approximate surface area is 65.5 Å². The van der Waals surface area contributed by atoms with Gasteiger partial charge in [0, 0.05) is 18.8 Å². The minimum atomic E-state index is 0.116. The number of ketones is 1. The summed E-state index contributed by atoms with van der Waals surface area (Å²) in [4.78, 5) is 18.7. The van der Waals surface area contributed by atoms with Gasteiger partial charge in [-0.3, -0.25) is 14.8 Å². The van der Waals surface area contributed by atoms with Gasteiger partial charge in [-0.2, -0.15) is 0 Å². The third-order valence-electron chi connectivity index (χ3n) is 1.23. The number of hydrogen-bond donors (Lipinski definition) is 0. The van der Waals surface area contributed by atoms with Crippen molar-refractivity contribution >= 4 is 5.78 Å². The molecule has 1 aromatic rings. The largest absolute Gasteiger partial charge is 0.300 e. The molecule has 1 heterocycles. The molecule has 0 saturated carbocycles. The van der Waals surface area contributed by atoms with E-state index in [9.17, 15) is 4.79 Å². The molecule has 0 N–H and O–H groups in total. The van der Waals surface area contributed by atoms with Crippen LogP contribution in [0.3, 0.4) is 0 Å². The third-order valence-corrected chi connectivity index (χ3v) is 1.23. The average molecular weight is 150 g/mol. The zero-order chi connectivity index (χ0) is 8.27. The second-order valence-corrected chi connectivity index (χ2v) is 2.53. The van der Waals surface area contributed by atoms with Gasteiger partial charge in [0.1, 0.15) is 5.78 Å². The van der Waals surface area contributed by atoms with Crippen molar-refractivity contribution in [2.45, 2.75) is 20.3 Å². The lowest BCUT2D eigenvalue weighted by Gasteiger charge is -1.96. The average Bonchev–Trinajstić information content (AvgIpc) is 1.85. The van der Waals surface area contributed by atoms with Crippen molar-refractivity contribution in [3.05, 3.63) is 23.8 Å². The van der Waals surface area contributed by atoms with E-state index in [1.165, 1.54) is 0 Å². The van der Waals surface area contributed by atoms with Crippen LogP contribution in [0.4, 0.5) is 0 Å². The Bertz CT molecular complexity index is 271. The smallest absolute Gasteiger partial charge is 0.135 e. The van der Waals surface area contributed by atoms with Crippen molar-refractivity contribution < 1.29 is 4.79 Å². The molecular weight excluding hydrogens is 140 g/mol. The van der Waals surface area contributed by atoms with Crippen LogP contribution < -0.4 is 0 Å². The first kappa shape index (κ1) is 7.85. The van der Waals surface area contributed by atoms with Crippen LogP contribution in [0.5, 0.6) is 0 Å². The van der Waals surface area contributed by atoms with Crippen LogP contribution in [0.2, 0.25) is 0 Å². The van der Waals surface area contributed by atoms with E-state index < -0.39 is 0 Å². The summed E-state index contributed by atoms with van der Waals surface area (Å²) < 4.78 is 0. The van der Waals surface area contributed by atoms with Crippen LogP contribution in [-0.2, 0) is 11.2 Å². The van der Waals surface area contributed by atoms with Gasteiger partial charge in [0.2, 0.25) is 0 Å². The molecule has 0 saturated heterocycles. The number of nitrogens with zero attached hydrogens (tertiary/aromatic N) is 2. The van der Waals surface area contributed by atoms with Gasteiger partial charge in [-0.15, -0.1) is 0 Å². The summed E-state index contributed by atoms with van der Waals surface area (Å²) in [5.41, 5.74) is 1.60. The second kappa shape index (κ2) is 3.23. The first-order chi connectivity index (χ1) is 5.18. The fourth-order valence-corrected chi connectivity index (χ4v) is 0.856. The fraction of sp³-hybridized carbons (Fsp3) is 0.375. The molecule has 0 aliphatic carbocycles.